The van der Waals surface area contributed by atoms with Gasteiger partial charge in [-0.3, -0.25) is 4.68 Å². The van der Waals surface area contributed by atoms with E-state index in [1.54, 1.807) is 7.11 Å². The van der Waals surface area contributed by atoms with Crippen LogP contribution in [0.3, 0.4) is 0 Å². The molecule has 28 heavy (non-hydrogen) atoms. The van der Waals surface area contributed by atoms with E-state index in [9.17, 15) is 4.79 Å². The smallest absolute Gasteiger partial charge is 0.317 e. The van der Waals surface area contributed by atoms with Crippen LogP contribution in [-0.4, -0.2) is 53.1 Å². The number of rotatable bonds is 4. The van der Waals surface area contributed by atoms with E-state index in [0.29, 0.717) is 12.1 Å². The number of nitrogens with zero attached hydrogens (tertiary/aromatic N) is 3. The highest BCUT2D eigenvalue weighted by Crippen LogP contribution is 2.27. The quantitative estimate of drug-likeness (QED) is 0.870. The molecule has 2 amide bonds. The van der Waals surface area contributed by atoms with Crippen molar-refractivity contribution < 1.29 is 9.53 Å². The standard InChI is InChI=1S/C22H30N4O2/c1-3-16-4-9-21-17(14-16)15-23-26(21)19-10-12-25(13-11-19)22(27)24-18-5-7-20(28-2)8-6-18/h3-4,9,14-15,18-20H,1,5-8,10-13H2,2H3,(H,24,27). The lowest BCUT2D eigenvalue weighted by Gasteiger charge is -2.35. The number of hydrogen-bond donors (Lipinski definition) is 1. The van der Waals surface area contributed by atoms with Gasteiger partial charge in [-0.25, -0.2) is 4.79 Å². The summed E-state index contributed by atoms with van der Waals surface area (Å²) in [6.07, 6.45) is 10.1. The Balaban J connectivity index is 1.32. The maximum atomic E-state index is 12.6. The maximum Gasteiger partial charge on any atom is 0.317 e. The molecular formula is C22H30N4O2. The first-order chi connectivity index (χ1) is 13.7. The molecule has 1 aliphatic heterocycles. The van der Waals surface area contributed by atoms with E-state index in [1.807, 2.05) is 17.2 Å². The van der Waals surface area contributed by atoms with E-state index in [4.69, 9.17) is 4.74 Å². The van der Waals surface area contributed by atoms with Crippen molar-refractivity contribution >= 4 is 23.0 Å². The molecule has 1 aliphatic carbocycles. The van der Waals surface area contributed by atoms with Crippen LogP contribution in [0.15, 0.2) is 31.0 Å². The molecule has 1 aromatic heterocycles. The summed E-state index contributed by atoms with van der Waals surface area (Å²) < 4.78 is 7.54. The zero-order valence-electron chi connectivity index (χ0n) is 16.6. The lowest BCUT2D eigenvalue weighted by molar-refractivity contribution is 0.0624. The van der Waals surface area contributed by atoms with Crippen LogP contribution in [-0.2, 0) is 4.74 Å². The Morgan fingerprint density at radius 1 is 1.21 bits per heavy atom. The van der Waals surface area contributed by atoms with Crippen molar-refractivity contribution in [2.75, 3.05) is 20.2 Å². The molecule has 2 heterocycles. The third kappa shape index (κ3) is 3.92. The van der Waals surface area contributed by atoms with Gasteiger partial charge < -0.3 is 15.0 Å². The van der Waals surface area contributed by atoms with Crippen LogP contribution in [0.5, 0.6) is 0 Å². The highest BCUT2D eigenvalue weighted by molar-refractivity contribution is 5.81. The third-order valence-corrected chi connectivity index (χ3v) is 6.29. The summed E-state index contributed by atoms with van der Waals surface area (Å²) in [4.78, 5) is 14.6. The van der Waals surface area contributed by atoms with Crippen molar-refractivity contribution in [2.24, 2.45) is 0 Å². The number of benzene rings is 1. The van der Waals surface area contributed by atoms with E-state index in [1.165, 1.54) is 0 Å². The first-order valence-corrected chi connectivity index (χ1v) is 10.4. The van der Waals surface area contributed by atoms with Gasteiger partial charge in [-0.15, -0.1) is 0 Å². The molecule has 1 N–H and O–H groups in total. The monoisotopic (exact) mass is 382 g/mol. The van der Waals surface area contributed by atoms with Gasteiger partial charge in [-0.05, 0) is 56.2 Å². The molecule has 0 unspecified atom stereocenters. The molecule has 150 valence electrons. The van der Waals surface area contributed by atoms with Gasteiger partial charge in [-0.1, -0.05) is 18.7 Å². The molecule has 6 heteroatoms. The van der Waals surface area contributed by atoms with Crippen molar-refractivity contribution in [3.63, 3.8) is 0 Å². The van der Waals surface area contributed by atoms with Crippen LogP contribution in [0.4, 0.5) is 4.79 Å². The fourth-order valence-corrected chi connectivity index (χ4v) is 4.51. The predicted molar refractivity (Wildman–Crippen MR) is 111 cm³/mol. The number of hydrogen-bond acceptors (Lipinski definition) is 3. The molecule has 2 aliphatic rings. The highest BCUT2D eigenvalue weighted by atomic mass is 16.5. The number of likely N-dealkylation sites (tertiary alicyclic amines) is 1. The van der Waals surface area contributed by atoms with Crippen LogP contribution in [0.25, 0.3) is 17.0 Å². The molecule has 2 fully saturated rings. The summed E-state index contributed by atoms with van der Waals surface area (Å²) in [5.74, 6) is 0. The van der Waals surface area contributed by atoms with E-state index in [0.717, 1.165) is 68.1 Å². The number of aromatic nitrogens is 2. The number of piperidine rings is 1. The number of carbonyl (C=O) groups is 1. The molecule has 4 rings (SSSR count). The maximum absolute atomic E-state index is 12.6. The molecular weight excluding hydrogens is 352 g/mol. The van der Waals surface area contributed by atoms with Crippen LogP contribution in [0, 0.1) is 0 Å². The largest absolute Gasteiger partial charge is 0.381 e. The number of nitrogens with one attached hydrogen (secondary N) is 1. The third-order valence-electron chi connectivity index (χ3n) is 6.29. The summed E-state index contributed by atoms with van der Waals surface area (Å²) in [6, 6.07) is 7.02. The topological polar surface area (TPSA) is 59.4 Å². The molecule has 0 atom stereocenters. The summed E-state index contributed by atoms with van der Waals surface area (Å²) >= 11 is 0. The molecule has 0 bridgehead atoms. The molecule has 1 aromatic carbocycles. The van der Waals surface area contributed by atoms with Gasteiger partial charge in [0.2, 0.25) is 0 Å². The van der Waals surface area contributed by atoms with Crippen LogP contribution in [0.1, 0.15) is 50.1 Å². The fourth-order valence-electron chi connectivity index (χ4n) is 4.51. The van der Waals surface area contributed by atoms with Gasteiger partial charge in [0.25, 0.3) is 0 Å². The molecule has 2 aromatic rings. The Kier molecular flexibility index (Phi) is 5.67. The molecule has 6 nitrogen and oxygen atoms in total. The first-order valence-electron chi connectivity index (χ1n) is 10.4. The Bertz CT molecular complexity index is 830. The zero-order valence-corrected chi connectivity index (χ0v) is 16.6. The number of carbonyl (C=O) groups excluding carboxylic acids is 1. The summed E-state index contributed by atoms with van der Waals surface area (Å²) in [5, 5.41) is 8.99. The van der Waals surface area contributed by atoms with Crippen molar-refractivity contribution in [1.82, 2.24) is 20.0 Å². The summed E-state index contributed by atoms with van der Waals surface area (Å²) in [7, 11) is 1.77. The first kappa shape index (κ1) is 19.0. The number of ether oxygens (including phenoxy) is 1. The second-order valence-corrected chi connectivity index (χ2v) is 7.99. The van der Waals surface area contributed by atoms with Gasteiger partial charge >= 0.3 is 6.03 Å². The van der Waals surface area contributed by atoms with Crippen molar-refractivity contribution in [1.29, 1.82) is 0 Å². The second-order valence-electron chi connectivity index (χ2n) is 7.99. The second kappa shape index (κ2) is 8.35. The van der Waals surface area contributed by atoms with E-state index >= 15 is 0 Å². The van der Waals surface area contributed by atoms with E-state index in [2.05, 4.69) is 39.9 Å². The number of amides is 2. The Labute approximate surface area is 166 Å². The molecule has 1 saturated carbocycles. The van der Waals surface area contributed by atoms with Crippen LogP contribution >= 0.6 is 0 Å². The minimum Gasteiger partial charge on any atom is -0.381 e. The molecule has 0 radical (unpaired) electrons. The fraction of sp³-hybridized carbons (Fsp3) is 0.545. The van der Waals surface area contributed by atoms with Gasteiger partial charge in [0.1, 0.15) is 0 Å². The lowest BCUT2D eigenvalue weighted by atomic mass is 9.93. The number of fused-ring (bicyclic) bond motifs is 1. The molecule has 0 spiro atoms. The van der Waals surface area contributed by atoms with Crippen LogP contribution in [0.2, 0.25) is 0 Å². The normalized spacial score (nSPS) is 23.7. The van der Waals surface area contributed by atoms with E-state index in [-0.39, 0.29) is 12.1 Å². The summed E-state index contributed by atoms with van der Waals surface area (Å²) in [6.45, 7) is 5.38. The molecule has 1 saturated heterocycles. The zero-order chi connectivity index (χ0) is 19.5. The lowest BCUT2D eigenvalue weighted by Crippen LogP contribution is -2.49. The SMILES string of the molecule is C=Cc1ccc2c(cnn2C2CCN(C(=O)NC3CCC(OC)CC3)CC2)c1. The minimum absolute atomic E-state index is 0.0836. The summed E-state index contributed by atoms with van der Waals surface area (Å²) in [5.41, 5.74) is 2.27. The van der Waals surface area contributed by atoms with Gasteiger partial charge in [0.05, 0.1) is 23.9 Å². The van der Waals surface area contributed by atoms with Gasteiger partial charge in [0, 0.05) is 31.6 Å². The van der Waals surface area contributed by atoms with Crippen molar-refractivity contribution in [2.45, 2.75) is 56.7 Å². The highest BCUT2D eigenvalue weighted by Gasteiger charge is 2.28. The van der Waals surface area contributed by atoms with Gasteiger partial charge in [0.15, 0.2) is 0 Å². The van der Waals surface area contributed by atoms with Crippen LogP contribution < -0.4 is 5.32 Å². The average molecular weight is 383 g/mol. The van der Waals surface area contributed by atoms with Gasteiger partial charge in [-0.2, -0.15) is 5.10 Å². The average Bonchev–Trinajstić information content (AvgIpc) is 3.17. The minimum atomic E-state index is 0.0836. The van der Waals surface area contributed by atoms with Crippen molar-refractivity contribution in [3.8, 4) is 0 Å². The number of methoxy groups -OCH3 is 1. The van der Waals surface area contributed by atoms with E-state index < -0.39 is 0 Å². The number of urea groups is 1. The predicted octanol–water partition coefficient (Wildman–Crippen LogP) is 3.98. The van der Waals surface area contributed by atoms with Crippen molar-refractivity contribution in [3.05, 3.63) is 36.5 Å². The Morgan fingerprint density at radius 3 is 2.64 bits per heavy atom. The Hall–Kier alpha value is -2.34. The Morgan fingerprint density at radius 2 is 1.96 bits per heavy atom.